The normalized spacial score (nSPS) is 15.8. The first-order valence-electron chi connectivity index (χ1n) is 7.84. The van der Waals surface area contributed by atoms with Crippen molar-refractivity contribution in [2.45, 2.75) is 5.09 Å². The first kappa shape index (κ1) is 18.0. The fraction of sp³-hybridized carbons (Fsp3) is 0.250. The lowest BCUT2D eigenvalue weighted by atomic mass is 10.1. The van der Waals surface area contributed by atoms with E-state index in [0.717, 1.165) is 0 Å². The SMILES string of the molecule is NC(=O)c1ccc(S(=O)(=O)N2CCN(C(=O)c3ccccc3N)CC2)o1. The number of furan rings is 1. The van der Waals surface area contributed by atoms with E-state index < -0.39 is 15.9 Å². The molecule has 0 spiro atoms. The van der Waals surface area contributed by atoms with Gasteiger partial charge in [0, 0.05) is 31.9 Å². The van der Waals surface area contributed by atoms with Gasteiger partial charge in [0.25, 0.3) is 21.8 Å². The first-order valence-corrected chi connectivity index (χ1v) is 9.28. The maximum Gasteiger partial charge on any atom is 0.284 e. The minimum absolute atomic E-state index is 0.105. The van der Waals surface area contributed by atoms with Gasteiger partial charge in [-0.05, 0) is 24.3 Å². The number of anilines is 1. The summed E-state index contributed by atoms with van der Waals surface area (Å²) in [5, 5.41) is -0.349. The topological polar surface area (TPSA) is 140 Å². The molecule has 1 aromatic carbocycles. The fourth-order valence-electron chi connectivity index (χ4n) is 2.71. The van der Waals surface area contributed by atoms with Gasteiger partial charge in [-0.3, -0.25) is 9.59 Å². The average Bonchev–Trinajstić information content (AvgIpc) is 3.13. The third-order valence-electron chi connectivity index (χ3n) is 4.14. The molecule has 1 aliphatic rings. The van der Waals surface area contributed by atoms with E-state index in [1.807, 2.05) is 0 Å². The molecule has 3 rings (SSSR count). The van der Waals surface area contributed by atoms with Crippen LogP contribution in [-0.4, -0.2) is 55.6 Å². The van der Waals surface area contributed by atoms with Crippen molar-refractivity contribution in [1.29, 1.82) is 0 Å². The van der Waals surface area contributed by atoms with Crippen LogP contribution in [-0.2, 0) is 10.0 Å². The van der Waals surface area contributed by atoms with Crippen molar-refractivity contribution in [2.75, 3.05) is 31.9 Å². The van der Waals surface area contributed by atoms with Crippen molar-refractivity contribution in [1.82, 2.24) is 9.21 Å². The van der Waals surface area contributed by atoms with E-state index in [1.54, 1.807) is 29.2 Å². The van der Waals surface area contributed by atoms with E-state index in [9.17, 15) is 18.0 Å². The van der Waals surface area contributed by atoms with Gasteiger partial charge in [-0.2, -0.15) is 4.31 Å². The molecule has 0 aliphatic carbocycles. The Morgan fingerprint density at radius 3 is 2.23 bits per heavy atom. The van der Waals surface area contributed by atoms with E-state index in [0.29, 0.717) is 11.3 Å². The number of nitrogens with zero attached hydrogens (tertiary/aromatic N) is 2. The Morgan fingerprint density at radius 1 is 1.00 bits per heavy atom. The third kappa shape index (κ3) is 3.28. The molecule has 0 saturated carbocycles. The summed E-state index contributed by atoms with van der Waals surface area (Å²) in [4.78, 5) is 25.1. The van der Waals surface area contributed by atoms with E-state index in [-0.39, 0.29) is 42.9 Å². The van der Waals surface area contributed by atoms with Crippen LogP contribution < -0.4 is 11.5 Å². The van der Waals surface area contributed by atoms with Crippen molar-refractivity contribution in [2.24, 2.45) is 5.73 Å². The summed E-state index contributed by atoms with van der Waals surface area (Å²) >= 11 is 0. The van der Waals surface area contributed by atoms with E-state index >= 15 is 0 Å². The smallest absolute Gasteiger partial charge is 0.284 e. The summed E-state index contributed by atoms with van der Waals surface area (Å²) in [7, 11) is -3.90. The van der Waals surface area contributed by atoms with Crippen LogP contribution in [0.25, 0.3) is 0 Å². The second-order valence-electron chi connectivity index (χ2n) is 5.77. The molecule has 1 aliphatic heterocycles. The van der Waals surface area contributed by atoms with Crippen LogP contribution in [0.5, 0.6) is 0 Å². The van der Waals surface area contributed by atoms with Crippen LogP contribution in [0.15, 0.2) is 45.9 Å². The molecule has 2 aromatic rings. The van der Waals surface area contributed by atoms with Gasteiger partial charge in [-0.1, -0.05) is 12.1 Å². The van der Waals surface area contributed by atoms with Crippen molar-refractivity contribution >= 4 is 27.5 Å². The Labute approximate surface area is 150 Å². The maximum atomic E-state index is 12.6. The molecule has 0 bridgehead atoms. The summed E-state index contributed by atoms with van der Waals surface area (Å²) in [6, 6.07) is 9.14. The highest BCUT2D eigenvalue weighted by Crippen LogP contribution is 2.21. The highest BCUT2D eigenvalue weighted by atomic mass is 32.2. The predicted octanol–water partition coefficient (Wildman–Crippen LogP) is 0.107. The zero-order valence-electron chi connectivity index (χ0n) is 13.8. The number of amides is 2. The Kier molecular flexibility index (Phi) is 4.70. The Bertz CT molecular complexity index is 945. The highest BCUT2D eigenvalue weighted by molar-refractivity contribution is 7.89. The third-order valence-corrected chi connectivity index (χ3v) is 5.91. The van der Waals surface area contributed by atoms with E-state index in [4.69, 9.17) is 15.9 Å². The number of carbonyl (C=O) groups excluding carboxylic acids is 2. The number of hydrogen-bond acceptors (Lipinski definition) is 6. The van der Waals surface area contributed by atoms with Gasteiger partial charge < -0.3 is 20.8 Å². The molecule has 2 heterocycles. The van der Waals surface area contributed by atoms with Crippen LogP contribution in [0, 0.1) is 0 Å². The zero-order valence-corrected chi connectivity index (χ0v) is 14.6. The van der Waals surface area contributed by atoms with Crippen molar-refractivity contribution < 1.29 is 22.4 Å². The number of rotatable bonds is 4. The summed E-state index contributed by atoms with van der Waals surface area (Å²) < 4.78 is 31.4. The molecule has 1 aromatic heterocycles. The lowest BCUT2D eigenvalue weighted by molar-refractivity contribution is 0.0697. The predicted molar refractivity (Wildman–Crippen MR) is 92.7 cm³/mol. The molecule has 0 atom stereocenters. The quantitative estimate of drug-likeness (QED) is 0.724. The number of primary amides is 1. The number of sulfonamides is 1. The van der Waals surface area contributed by atoms with Crippen molar-refractivity contribution in [3.8, 4) is 0 Å². The molecular formula is C16H18N4O5S. The van der Waals surface area contributed by atoms with Gasteiger partial charge >= 0.3 is 0 Å². The van der Waals surface area contributed by atoms with Crippen LogP contribution >= 0.6 is 0 Å². The number of para-hydroxylation sites is 1. The fourth-order valence-corrected chi connectivity index (χ4v) is 4.05. The minimum Gasteiger partial charge on any atom is -0.438 e. The Hall–Kier alpha value is -2.85. The van der Waals surface area contributed by atoms with Gasteiger partial charge in [0.1, 0.15) is 0 Å². The van der Waals surface area contributed by atoms with Crippen LogP contribution in [0.3, 0.4) is 0 Å². The number of nitrogen functional groups attached to an aromatic ring is 1. The molecule has 10 heteroatoms. The number of benzene rings is 1. The molecule has 9 nitrogen and oxygen atoms in total. The number of hydrogen-bond donors (Lipinski definition) is 2. The van der Waals surface area contributed by atoms with Gasteiger partial charge in [-0.25, -0.2) is 8.42 Å². The zero-order chi connectivity index (χ0) is 18.9. The van der Waals surface area contributed by atoms with Gasteiger partial charge in [-0.15, -0.1) is 0 Å². The molecule has 1 saturated heterocycles. The van der Waals surface area contributed by atoms with Crippen LogP contribution in [0.1, 0.15) is 20.9 Å². The van der Waals surface area contributed by atoms with Gasteiger partial charge in [0.15, 0.2) is 5.76 Å². The maximum absolute atomic E-state index is 12.6. The number of piperazine rings is 1. The van der Waals surface area contributed by atoms with E-state index in [1.165, 1.54) is 16.4 Å². The molecule has 138 valence electrons. The lowest BCUT2D eigenvalue weighted by Gasteiger charge is -2.33. The monoisotopic (exact) mass is 378 g/mol. The average molecular weight is 378 g/mol. The second-order valence-corrected chi connectivity index (χ2v) is 7.64. The second kappa shape index (κ2) is 6.81. The van der Waals surface area contributed by atoms with Gasteiger partial charge in [0.2, 0.25) is 5.09 Å². The van der Waals surface area contributed by atoms with E-state index in [2.05, 4.69) is 0 Å². The van der Waals surface area contributed by atoms with Crippen LogP contribution in [0.4, 0.5) is 5.69 Å². The number of nitrogens with two attached hydrogens (primary N) is 2. The van der Waals surface area contributed by atoms with Crippen molar-refractivity contribution in [3.63, 3.8) is 0 Å². The summed E-state index contributed by atoms with van der Waals surface area (Å²) in [5.74, 6) is -1.31. The lowest BCUT2D eigenvalue weighted by Crippen LogP contribution is -2.50. The molecule has 2 amide bonds. The highest BCUT2D eigenvalue weighted by Gasteiger charge is 2.33. The number of carbonyl (C=O) groups is 2. The Balaban J connectivity index is 1.70. The first-order chi connectivity index (χ1) is 12.3. The molecule has 4 N–H and O–H groups in total. The minimum atomic E-state index is -3.90. The van der Waals surface area contributed by atoms with Gasteiger partial charge in [0.05, 0.1) is 5.56 Å². The largest absolute Gasteiger partial charge is 0.438 e. The molecular weight excluding hydrogens is 360 g/mol. The van der Waals surface area contributed by atoms with Crippen molar-refractivity contribution in [3.05, 3.63) is 47.7 Å². The molecule has 0 unspecified atom stereocenters. The molecule has 1 fully saturated rings. The summed E-state index contributed by atoms with van der Waals surface area (Å²) in [6.45, 7) is 0.645. The Morgan fingerprint density at radius 2 is 1.65 bits per heavy atom. The molecule has 0 radical (unpaired) electrons. The standard InChI is InChI=1S/C16H18N4O5S/c17-12-4-2-1-3-11(12)16(22)19-7-9-20(10-8-19)26(23,24)14-6-5-13(25-14)15(18)21/h1-6H,7-10,17H2,(H2,18,21). The summed E-state index contributed by atoms with van der Waals surface area (Å²) in [5.41, 5.74) is 11.7. The summed E-state index contributed by atoms with van der Waals surface area (Å²) in [6.07, 6.45) is 0. The molecule has 26 heavy (non-hydrogen) atoms. The van der Waals surface area contributed by atoms with Crippen LogP contribution in [0.2, 0.25) is 0 Å².